The zero-order chi connectivity index (χ0) is 16.7. The molecule has 1 unspecified atom stereocenters. The van der Waals surface area contributed by atoms with Crippen LogP contribution in [0, 0.1) is 0 Å². The Morgan fingerprint density at radius 2 is 1.83 bits per heavy atom. The van der Waals surface area contributed by atoms with Gasteiger partial charge in [-0.25, -0.2) is 0 Å². The molecule has 1 aromatic rings. The van der Waals surface area contributed by atoms with Gasteiger partial charge >= 0.3 is 0 Å². The van der Waals surface area contributed by atoms with E-state index in [0.29, 0.717) is 12.6 Å². The van der Waals surface area contributed by atoms with Gasteiger partial charge < -0.3 is 16.4 Å². The summed E-state index contributed by atoms with van der Waals surface area (Å²) in [6.07, 6.45) is 6.04. The molecule has 1 atom stereocenters. The number of nitrogens with one attached hydrogen (secondary N) is 2. The van der Waals surface area contributed by atoms with E-state index in [1.165, 1.54) is 19.3 Å². The van der Waals surface area contributed by atoms with Gasteiger partial charge in [-0.05, 0) is 25.3 Å². The highest BCUT2D eigenvalue weighted by Crippen LogP contribution is 2.18. The largest absolute Gasteiger partial charge is 0.354 e. The number of hydrogen-bond donors (Lipinski definition) is 3. The Balaban J connectivity index is 1.74. The molecule has 5 nitrogen and oxygen atoms in total. The Morgan fingerprint density at radius 1 is 1.17 bits per heavy atom. The fourth-order valence-corrected chi connectivity index (χ4v) is 2.94. The highest BCUT2D eigenvalue weighted by Gasteiger charge is 2.30. The van der Waals surface area contributed by atoms with Gasteiger partial charge in [0, 0.05) is 19.0 Å². The first-order chi connectivity index (χ1) is 11.0. The number of carbonyl (C=O) groups excluding carboxylic acids is 2. The topological polar surface area (TPSA) is 84.2 Å². The van der Waals surface area contributed by atoms with E-state index in [0.717, 1.165) is 18.4 Å². The molecular weight excluding hydrogens is 290 g/mol. The van der Waals surface area contributed by atoms with Crippen LogP contribution in [0.3, 0.4) is 0 Å². The van der Waals surface area contributed by atoms with E-state index in [9.17, 15) is 9.59 Å². The highest BCUT2D eigenvalue weighted by molar-refractivity contribution is 5.87. The van der Waals surface area contributed by atoms with Gasteiger partial charge in [0.2, 0.25) is 11.8 Å². The summed E-state index contributed by atoms with van der Waals surface area (Å²) in [7, 11) is 0. The first kappa shape index (κ1) is 17.5. The third-order valence-corrected chi connectivity index (χ3v) is 4.45. The van der Waals surface area contributed by atoms with E-state index in [4.69, 9.17) is 5.73 Å². The van der Waals surface area contributed by atoms with Crippen LogP contribution in [0.1, 0.15) is 51.0 Å². The monoisotopic (exact) mass is 317 g/mol. The van der Waals surface area contributed by atoms with E-state index in [1.807, 2.05) is 30.3 Å². The third kappa shape index (κ3) is 5.06. The molecule has 0 aromatic heterocycles. The summed E-state index contributed by atoms with van der Waals surface area (Å²) in [5.74, 6) is -0.273. The van der Waals surface area contributed by atoms with Crippen LogP contribution in [0.2, 0.25) is 0 Å². The molecular formula is C18H27N3O2. The van der Waals surface area contributed by atoms with Crippen LogP contribution >= 0.6 is 0 Å². The number of carbonyl (C=O) groups is 2. The molecule has 0 bridgehead atoms. The van der Waals surface area contributed by atoms with Crippen LogP contribution in [-0.4, -0.2) is 24.4 Å². The van der Waals surface area contributed by atoms with Crippen molar-refractivity contribution in [3.8, 4) is 0 Å². The van der Waals surface area contributed by atoms with Crippen LogP contribution < -0.4 is 16.4 Å². The maximum atomic E-state index is 12.3. The van der Waals surface area contributed by atoms with Gasteiger partial charge in [0.15, 0.2) is 0 Å². The molecule has 126 valence electrons. The van der Waals surface area contributed by atoms with Gasteiger partial charge in [-0.3, -0.25) is 9.59 Å². The molecule has 0 radical (unpaired) electrons. The lowest BCUT2D eigenvalue weighted by atomic mass is 9.92. The van der Waals surface area contributed by atoms with Crippen molar-refractivity contribution < 1.29 is 9.59 Å². The number of benzene rings is 1. The third-order valence-electron chi connectivity index (χ3n) is 4.45. The van der Waals surface area contributed by atoms with Gasteiger partial charge in [-0.15, -0.1) is 0 Å². The Morgan fingerprint density at radius 3 is 2.48 bits per heavy atom. The van der Waals surface area contributed by atoms with Crippen LogP contribution in [0.5, 0.6) is 0 Å². The summed E-state index contributed by atoms with van der Waals surface area (Å²) in [5.41, 5.74) is 5.79. The molecule has 2 rings (SSSR count). The van der Waals surface area contributed by atoms with Crippen molar-refractivity contribution in [3.05, 3.63) is 35.9 Å². The summed E-state index contributed by atoms with van der Waals surface area (Å²) in [5, 5.41) is 5.81. The molecule has 1 aliphatic rings. The molecule has 1 aliphatic carbocycles. The van der Waals surface area contributed by atoms with E-state index in [-0.39, 0.29) is 18.2 Å². The average Bonchev–Trinajstić information content (AvgIpc) is 2.56. The number of nitrogens with two attached hydrogens (primary N) is 1. The van der Waals surface area contributed by atoms with Crippen molar-refractivity contribution in [3.63, 3.8) is 0 Å². The SMILES string of the molecule is CC(N)(C(=O)NCCC(=O)NC1CCCCC1)c1ccccc1. The van der Waals surface area contributed by atoms with Crippen LogP contribution in [-0.2, 0) is 15.1 Å². The molecule has 1 fully saturated rings. The molecule has 0 spiro atoms. The zero-order valence-electron chi connectivity index (χ0n) is 13.8. The summed E-state index contributed by atoms with van der Waals surface area (Å²) in [6.45, 7) is 1.98. The number of hydrogen-bond acceptors (Lipinski definition) is 3. The molecule has 0 heterocycles. The smallest absolute Gasteiger partial charge is 0.244 e. The minimum Gasteiger partial charge on any atom is -0.354 e. The molecule has 5 heteroatoms. The van der Waals surface area contributed by atoms with E-state index >= 15 is 0 Å². The van der Waals surface area contributed by atoms with Crippen molar-refractivity contribution in [2.45, 2.75) is 57.0 Å². The highest BCUT2D eigenvalue weighted by atomic mass is 16.2. The molecule has 4 N–H and O–H groups in total. The number of amides is 2. The maximum Gasteiger partial charge on any atom is 0.244 e. The Labute approximate surface area is 138 Å². The van der Waals surface area contributed by atoms with E-state index in [2.05, 4.69) is 10.6 Å². The van der Waals surface area contributed by atoms with E-state index in [1.54, 1.807) is 6.92 Å². The van der Waals surface area contributed by atoms with E-state index < -0.39 is 5.54 Å². The second-order valence-electron chi connectivity index (χ2n) is 6.48. The summed E-state index contributed by atoms with van der Waals surface area (Å²) < 4.78 is 0. The normalized spacial score (nSPS) is 18.0. The average molecular weight is 317 g/mol. The quantitative estimate of drug-likeness (QED) is 0.748. The first-order valence-electron chi connectivity index (χ1n) is 8.42. The molecule has 1 aromatic carbocycles. The fourth-order valence-electron chi connectivity index (χ4n) is 2.94. The first-order valence-corrected chi connectivity index (χ1v) is 8.42. The Hall–Kier alpha value is -1.88. The zero-order valence-corrected chi connectivity index (χ0v) is 13.8. The Kier molecular flexibility index (Phi) is 6.16. The van der Waals surface area contributed by atoms with Crippen molar-refractivity contribution in [1.82, 2.24) is 10.6 Å². The molecule has 23 heavy (non-hydrogen) atoms. The summed E-state index contributed by atoms with van der Waals surface area (Å²) >= 11 is 0. The predicted octanol–water partition coefficient (Wildman–Crippen LogP) is 1.82. The van der Waals surface area contributed by atoms with Crippen molar-refractivity contribution in [2.75, 3.05) is 6.54 Å². The lowest BCUT2D eigenvalue weighted by molar-refractivity contribution is -0.126. The standard InChI is InChI=1S/C18H27N3O2/c1-18(19,14-8-4-2-5-9-14)17(23)20-13-12-16(22)21-15-10-6-3-7-11-15/h2,4-5,8-9,15H,3,6-7,10-13,19H2,1H3,(H,20,23)(H,21,22). The fraction of sp³-hybridized carbons (Fsp3) is 0.556. The second-order valence-corrected chi connectivity index (χ2v) is 6.48. The van der Waals surface area contributed by atoms with Crippen molar-refractivity contribution in [2.24, 2.45) is 5.73 Å². The van der Waals surface area contributed by atoms with Gasteiger partial charge in [0.05, 0.1) is 0 Å². The lowest BCUT2D eigenvalue weighted by Gasteiger charge is -2.25. The van der Waals surface area contributed by atoms with Gasteiger partial charge in [0.1, 0.15) is 5.54 Å². The van der Waals surface area contributed by atoms with Crippen molar-refractivity contribution in [1.29, 1.82) is 0 Å². The number of rotatable bonds is 6. The molecule has 2 amide bonds. The molecule has 0 saturated heterocycles. The van der Waals surface area contributed by atoms with Gasteiger partial charge in [0.25, 0.3) is 0 Å². The summed E-state index contributed by atoms with van der Waals surface area (Å²) in [6, 6.07) is 9.55. The van der Waals surface area contributed by atoms with Crippen molar-refractivity contribution >= 4 is 11.8 Å². The van der Waals surface area contributed by atoms with Crippen LogP contribution in [0.25, 0.3) is 0 Å². The molecule has 0 aliphatic heterocycles. The van der Waals surface area contributed by atoms with Gasteiger partial charge in [-0.1, -0.05) is 49.6 Å². The van der Waals surface area contributed by atoms with Crippen LogP contribution in [0.4, 0.5) is 0 Å². The summed E-state index contributed by atoms with van der Waals surface area (Å²) in [4.78, 5) is 24.2. The minimum absolute atomic E-state index is 0.00404. The van der Waals surface area contributed by atoms with Crippen LogP contribution in [0.15, 0.2) is 30.3 Å². The predicted molar refractivity (Wildman–Crippen MR) is 90.6 cm³/mol. The lowest BCUT2D eigenvalue weighted by Crippen LogP contribution is -2.49. The second kappa shape index (κ2) is 8.11. The van der Waals surface area contributed by atoms with Gasteiger partial charge in [-0.2, -0.15) is 0 Å². The maximum absolute atomic E-state index is 12.3. The molecule has 1 saturated carbocycles. The Bertz CT molecular complexity index is 522. The minimum atomic E-state index is -1.10.